The van der Waals surface area contributed by atoms with Crippen molar-refractivity contribution in [2.75, 3.05) is 0 Å². The number of aliphatic carboxylic acids is 1. The van der Waals surface area contributed by atoms with Gasteiger partial charge in [0.1, 0.15) is 0 Å². The van der Waals surface area contributed by atoms with Gasteiger partial charge in [-0.1, -0.05) is 56.6 Å². The lowest BCUT2D eigenvalue weighted by Gasteiger charge is -2.01. The molecular formula is C14H26N4O2. The third-order valence-corrected chi connectivity index (χ3v) is 3.43. The Morgan fingerprint density at radius 1 is 0.900 bits per heavy atom. The normalized spacial score (nSPS) is 10.8. The standard InChI is InChI=1S/C14H26N4O2/c19-14(20)12-10-8-6-4-2-1-3-5-7-9-11-13-15-17-18-16-13/h1-12H2,(H,19,20)(H,15,16,17,18). The molecule has 0 unspecified atom stereocenters. The van der Waals surface area contributed by atoms with Gasteiger partial charge in [-0.15, -0.1) is 10.2 Å². The summed E-state index contributed by atoms with van der Waals surface area (Å²) in [7, 11) is 0. The fourth-order valence-corrected chi connectivity index (χ4v) is 2.26. The molecule has 1 aromatic rings. The van der Waals surface area contributed by atoms with Crippen LogP contribution in [0.2, 0.25) is 0 Å². The predicted molar refractivity (Wildman–Crippen MR) is 76.3 cm³/mol. The number of hydrogen-bond acceptors (Lipinski definition) is 4. The first-order valence-electron chi connectivity index (χ1n) is 7.73. The van der Waals surface area contributed by atoms with Crippen LogP contribution in [0.15, 0.2) is 0 Å². The van der Waals surface area contributed by atoms with Gasteiger partial charge in [-0.3, -0.25) is 4.79 Å². The van der Waals surface area contributed by atoms with Crippen molar-refractivity contribution in [2.45, 2.75) is 77.0 Å². The molecule has 6 heteroatoms. The van der Waals surface area contributed by atoms with Gasteiger partial charge < -0.3 is 5.11 Å². The summed E-state index contributed by atoms with van der Waals surface area (Å²) in [5, 5.41) is 22.4. The largest absolute Gasteiger partial charge is 0.481 e. The molecule has 0 bridgehead atoms. The molecule has 0 aliphatic rings. The van der Waals surface area contributed by atoms with Crippen LogP contribution in [0.4, 0.5) is 0 Å². The summed E-state index contributed by atoms with van der Waals surface area (Å²) in [5.41, 5.74) is 0. The zero-order chi connectivity index (χ0) is 14.5. The fourth-order valence-electron chi connectivity index (χ4n) is 2.26. The number of unbranched alkanes of at least 4 members (excludes halogenated alkanes) is 9. The number of carboxylic acid groups (broad SMARTS) is 1. The summed E-state index contributed by atoms with van der Waals surface area (Å²) >= 11 is 0. The molecule has 1 heterocycles. The summed E-state index contributed by atoms with van der Waals surface area (Å²) in [6.07, 6.45) is 13.0. The molecule has 0 radical (unpaired) electrons. The third-order valence-electron chi connectivity index (χ3n) is 3.43. The van der Waals surface area contributed by atoms with Crippen molar-refractivity contribution in [3.8, 4) is 0 Å². The lowest BCUT2D eigenvalue weighted by atomic mass is 10.1. The lowest BCUT2D eigenvalue weighted by Crippen LogP contribution is -1.93. The van der Waals surface area contributed by atoms with Crippen LogP contribution in [-0.4, -0.2) is 31.7 Å². The molecule has 0 aliphatic heterocycles. The molecule has 6 nitrogen and oxygen atoms in total. The van der Waals surface area contributed by atoms with E-state index in [0.29, 0.717) is 6.42 Å². The van der Waals surface area contributed by atoms with Gasteiger partial charge in [-0.05, 0) is 12.8 Å². The number of nitrogens with one attached hydrogen (secondary N) is 1. The second-order valence-corrected chi connectivity index (χ2v) is 5.26. The number of carbonyl (C=O) groups is 1. The van der Waals surface area contributed by atoms with Crippen LogP contribution in [0, 0.1) is 0 Å². The summed E-state index contributed by atoms with van der Waals surface area (Å²) in [5.74, 6) is 0.136. The van der Waals surface area contributed by atoms with Gasteiger partial charge in [0.05, 0.1) is 0 Å². The predicted octanol–water partition coefficient (Wildman–Crippen LogP) is 3.12. The zero-order valence-corrected chi connectivity index (χ0v) is 12.2. The van der Waals surface area contributed by atoms with Gasteiger partial charge in [0, 0.05) is 12.8 Å². The molecule has 1 rings (SSSR count). The van der Waals surface area contributed by atoms with Crippen LogP contribution in [0.5, 0.6) is 0 Å². The first-order chi connectivity index (χ1) is 9.79. The minimum atomic E-state index is -0.675. The topological polar surface area (TPSA) is 91.8 Å². The van der Waals surface area contributed by atoms with Crippen LogP contribution >= 0.6 is 0 Å². The van der Waals surface area contributed by atoms with Gasteiger partial charge in [-0.2, -0.15) is 5.21 Å². The summed E-state index contributed by atoms with van der Waals surface area (Å²) in [6.45, 7) is 0. The average Bonchev–Trinajstić information content (AvgIpc) is 2.93. The van der Waals surface area contributed by atoms with Gasteiger partial charge in [-0.25, -0.2) is 0 Å². The number of nitrogens with zero attached hydrogens (tertiary/aromatic N) is 3. The number of rotatable bonds is 13. The highest BCUT2D eigenvalue weighted by molar-refractivity contribution is 5.66. The van der Waals surface area contributed by atoms with Crippen molar-refractivity contribution in [1.29, 1.82) is 0 Å². The van der Waals surface area contributed by atoms with E-state index in [1.807, 2.05) is 0 Å². The van der Waals surface area contributed by atoms with Crippen molar-refractivity contribution < 1.29 is 9.90 Å². The van der Waals surface area contributed by atoms with Crippen LogP contribution < -0.4 is 0 Å². The molecule has 0 spiro atoms. The molecule has 0 fully saturated rings. The van der Waals surface area contributed by atoms with Crippen molar-refractivity contribution in [3.63, 3.8) is 0 Å². The van der Waals surface area contributed by atoms with E-state index in [4.69, 9.17) is 5.11 Å². The summed E-state index contributed by atoms with van der Waals surface area (Å²) < 4.78 is 0. The Bertz CT molecular complexity index is 341. The molecule has 114 valence electrons. The maximum atomic E-state index is 10.3. The van der Waals surface area contributed by atoms with Crippen LogP contribution in [0.25, 0.3) is 0 Å². The SMILES string of the molecule is O=C(O)CCCCCCCCCCCCc1nn[nH]n1. The molecule has 20 heavy (non-hydrogen) atoms. The Morgan fingerprint density at radius 2 is 1.45 bits per heavy atom. The Labute approximate surface area is 120 Å². The first-order valence-corrected chi connectivity index (χ1v) is 7.73. The molecule has 0 saturated heterocycles. The zero-order valence-electron chi connectivity index (χ0n) is 12.2. The lowest BCUT2D eigenvalue weighted by molar-refractivity contribution is -0.137. The highest BCUT2D eigenvalue weighted by atomic mass is 16.4. The Hall–Kier alpha value is -1.46. The van der Waals surface area contributed by atoms with E-state index >= 15 is 0 Å². The maximum Gasteiger partial charge on any atom is 0.303 e. The van der Waals surface area contributed by atoms with Crippen LogP contribution in [-0.2, 0) is 11.2 Å². The molecule has 0 amide bonds. The number of aryl methyl sites for hydroxylation is 1. The average molecular weight is 282 g/mol. The smallest absolute Gasteiger partial charge is 0.303 e. The molecule has 0 saturated carbocycles. The van der Waals surface area contributed by atoms with Gasteiger partial charge in [0.15, 0.2) is 5.82 Å². The number of hydrogen-bond donors (Lipinski definition) is 2. The molecule has 0 atom stereocenters. The maximum absolute atomic E-state index is 10.3. The quantitative estimate of drug-likeness (QED) is 0.542. The highest BCUT2D eigenvalue weighted by Gasteiger charge is 1.98. The van der Waals surface area contributed by atoms with E-state index in [1.54, 1.807) is 0 Å². The number of carboxylic acids is 1. The molecule has 0 aromatic carbocycles. The van der Waals surface area contributed by atoms with Crippen molar-refractivity contribution >= 4 is 5.97 Å². The van der Waals surface area contributed by atoms with E-state index in [9.17, 15) is 4.79 Å². The Kier molecular flexibility index (Phi) is 9.44. The van der Waals surface area contributed by atoms with Crippen LogP contribution in [0.3, 0.4) is 0 Å². The fraction of sp³-hybridized carbons (Fsp3) is 0.857. The van der Waals surface area contributed by atoms with Crippen molar-refractivity contribution in [2.24, 2.45) is 0 Å². The monoisotopic (exact) mass is 282 g/mol. The second kappa shape index (κ2) is 11.4. The number of H-pyrrole nitrogens is 1. The van der Waals surface area contributed by atoms with E-state index < -0.39 is 5.97 Å². The molecular weight excluding hydrogens is 256 g/mol. The molecule has 1 aromatic heterocycles. The van der Waals surface area contributed by atoms with E-state index in [-0.39, 0.29) is 0 Å². The van der Waals surface area contributed by atoms with E-state index in [1.165, 1.54) is 44.9 Å². The number of tetrazole rings is 1. The second-order valence-electron chi connectivity index (χ2n) is 5.26. The first kappa shape index (κ1) is 16.6. The van der Waals surface area contributed by atoms with Gasteiger partial charge in [0.2, 0.25) is 0 Å². The minimum Gasteiger partial charge on any atom is -0.481 e. The van der Waals surface area contributed by atoms with Crippen molar-refractivity contribution in [3.05, 3.63) is 5.82 Å². The van der Waals surface area contributed by atoms with Crippen LogP contribution in [0.1, 0.15) is 76.5 Å². The van der Waals surface area contributed by atoms with E-state index in [0.717, 1.165) is 31.5 Å². The van der Waals surface area contributed by atoms with Crippen molar-refractivity contribution in [1.82, 2.24) is 20.6 Å². The van der Waals surface area contributed by atoms with Gasteiger partial charge in [0.25, 0.3) is 0 Å². The molecule has 2 N–H and O–H groups in total. The summed E-state index contributed by atoms with van der Waals surface area (Å²) in [4.78, 5) is 10.3. The third kappa shape index (κ3) is 9.47. The Balaban J connectivity index is 1.73. The van der Waals surface area contributed by atoms with Gasteiger partial charge >= 0.3 is 5.97 Å². The number of aromatic amines is 1. The summed E-state index contributed by atoms with van der Waals surface area (Å²) in [6, 6.07) is 0. The molecule has 0 aliphatic carbocycles. The van der Waals surface area contributed by atoms with E-state index in [2.05, 4.69) is 20.6 Å². The Morgan fingerprint density at radius 3 is 1.95 bits per heavy atom. The minimum absolute atomic E-state index is 0.320. The number of aromatic nitrogens is 4. The highest BCUT2D eigenvalue weighted by Crippen LogP contribution is 2.11.